The largest absolute Gasteiger partial charge is 0.373 e. The van der Waals surface area contributed by atoms with E-state index in [1.54, 1.807) is 30.2 Å². The minimum absolute atomic E-state index is 0.0433. The zero-order valence-electron chi connectivity index (χ0n) is 16.2. The van der Waals surface area contributed by atoms with E-state index in [-0.39, 0.29) is 17.9 Å². The molecule has 0 aliphatic carbocycles. The maximum absolute atomic E-state index is 12.8. The fourth-order valence-corrected chi connectivity index (χ4v) is 4.04. The summed E-state index contributed by atoms with van der Waals surface area (Å²) in [7, 11) is 1.84. The molecule has 0 radical (unpaired) electrons. The Morgan fingerprint density at radius 1 is 1.21 bits per heavy atom. The van der Waals surface area contributed by atoms with Gasteiger partial charge in [0.05, 0.1) is 18.3 Å². The highest BCUT2D eigenvalue weighted by atomic mass is 16.2. The van der Waals surface area contributed by atoms with Gasteiger partial charge in [0.1, 0.15) is 11.5 Å². The minimum atomic E-state index is -0.100. The molecular weight excluding hydrogens is 356 g/mol. The highest BCUT2D eigenvalue weighted by molar-refractivity contribution is 5.92. The van der Waals surface area contributed by atoms with Crippen LogP contribution in [-0.4, -0.2) is 56.7 Å². The second-order valence-corrected chi connectivity index (χ2v) is 7.17. The van der Waals surface area contributed by atoms with Crippen molar-refractivity contribution in [3.8, 4) is 0 Å². The third-order valence-electron chi connectivity index (χ3n) is 5.45. The lowest BCUT2D eigenvalue weighted by Crippen LogP contribution is -2.38. The van der Waals surface area contributed by atoms with E-state index in [0.29, 0.717) is 31.0 Å². The Balaban J connectivity index is 1.65. The number of amides is 2. The Bertz CT molecular complexity index is 901. The summed E-state index contributed by atoms with van der Waals surface area (Å²) in [4.78, 5) is 42.1. The predicted molar refractivity (Wildman–Crippen MR) is 104 cm³/mol. The molecule has 1 saturated heterocycles. The summed E-state index contributed by atoms with van der Waals surface area (Å²) in [5.41, 5.74) is 2.33. The van der Waals surface area contributed by atoms with E-state index < -0.39 is 0 Å². The van der Waals surface area contributed by atoms with Crippen molar-refractivity contribution in [3.05, 3.63) is 47.2 Å². The summed E-state index contributed by atoms with van der Waals surface area (Å²) < 4.78 is 0. The first-order valence-corrected chi connectivity index (χ1v) is 9.63. The van der Waals surface area contributed by atoms with E-state index in [0.717, 1.165) is 36.5 Å². The molecule has 2 aliphatic rings. The summed E-state index contributed by atoms with van der Waals surface area (Å²) >= 11 is 0. The number of likely N-dealkylation sites (tertiary alicyclic amines) is 1. The Kier molecular flexibility index (Phi) is 4.93. The first-order chi connectivity index (χ1) is 13.6. The molecule has 0 saturated carbocycles. The number of hydrogen-bond donors (Lipinski definition) is 1. The van der Waals surface area contributed by atoms with Gasteiger partial charge in [-0.25, -0.2) is 9.97 Å². The van der Waals surface area contributed by atoms with Gasteiger partial charge in [0.25, 0.3) is 5.91 Å². The van der Waals surface area contributed by atoms with Crippen LogP contribution in [0.1, 0.15) is 53.4 Å². The number of hydrogen-bond acceptors (Lipinski definition) is 6. The van der Waals surface area contributed by atoms with Gasteiger partial charge in [-0.15, -0.1) is 0 Å². The van der Waals surface area contributed by atoms with Crippen molar-refractivity contribution >= 4 is 17.6 Å². The number of aromatic nitrogens is 3. The van der Waals surface area contributed by atoms with Crippen molar-refractivity contribution in [2.24, 2.45) is 0 Å². The van der Waals surface area contributed by atoms with Gasteiger partial charge >= 0.3 is 0 Å². The van der Waals surface area contributed by atoms with Crippen LogP contribution in [0.15, 0.2) is 24.4 Å². The minimum Gasteiger partial charge on any atom is -0.373 e. The van der Waals surface area contributed by atoms with Crippen molar-refractivity contribution in [2.75, 3.05) is 25.5 Å². The summed E-state index contributed by atoms with van der Waals surface area (Å²) in [5, 5.41) is 3.17. The van der Waals surface area contributed by atoms with Crippen molar-refractivity contribution < 1.29 is 9.59 Å². The molecule has 146 valence electrons. The maximum Gasteiger partial charge on any atom is 0.272 e. The molecule has 2 amide bonds. The number of nitrogens with zero attached hydrogens (tertiary/aromatic N) is 5. The highest BCUT2D eigenvalue weighted by Crippen LogP contribution is 2.33. The van der Waals surface area contributed by atoms with Gasteiger partial charge in [0, 0.05) is 38.8 Å². The first-order valence-electron chi connectivity index (χ1n) is 9.63. The van der Waals surface area contributed by atoms with E-state index in [9.17, 15) is 9.59 Å². The second kappa shape index (κ2) is 7.53. The first kappa shape index (κ1) is 18.3. The van der Waals surface area contributed by atoms with E-state index in [4.69, 9.17) is 9.97 Å². The Morgan fingerprint density at radius 2 is 2.07 bits per heavy atom. The smallest absolute Gasteiger partial charge is 0.272 e. The topological polar surface area (TPSA) is 91.3 Å². The van der Waals surface area contributed by atoms with Gasteiger partial charge in [-0.3, -0.25) is 14.6 Å². The number of pyridine rings is 1. The van der Waals surface area contributed by atoms with Crippen LogP contribution in [0.4, 0.5) is 5.82 Å². The fourth-order valence-electron chi connectivity index (χ4n) is 4.04. The van der Waals surface area contributed by atoms with E-state index in [1.807, 2.05) is 18.0 Å². The van der Waals surface area contributed by atoms with E-state index in [2.05, 4.69) is 10.3 Å². The van der Waals surface area contributed by atoms with Crippen molar-refractivity contribution in [1.82, 2.24) is 24.8 Å². The summed E-state index contributed by atoms with van der Waals surface area (Å²) in [6.45, 7) is 3.34. The predicted octanol–water partition coefficient (Wildman–Crippen LogP) is 1.80. The van der Waals surface area contributed by atoms with Crippen LogP contribution in [0, 0.1) is 0 Å². The normalized spacial score (nSPS) is 18.7. The molecule has 2 aromatic heterocycles. The van der Waals surface area contributed by atoms with Crippen molar-refractivity contribution in [2.45, 2.75) is 38.8 Å². The van der Waals surface area contributed by atoms with Crippen LogP contribution in [0.25, 0.3) is 0 Å². The maximum atomic E-state index is 12.8. The van der Waals surface area contributed by atoms with Gasteiger partial charge in [0.2, 0.25) is 5.91 Å². The molecule has 28 heavy (non-hydrogen) atoms. The molecule has 0 spiro atoms. The van der Waals surface area contributed by atoms with Gasteiger partial charge in [-0.2, -0.15) is 0 Å². The van der Waals surface area contributed by atoms with Gasteiger partial charge in [-0.05, 0) is 31.4 Å². The quantitative estimate of drug-likeness (QED) is 0.873. The van der Waals surface area contributed by atoms with Crippen LogP contribution in [-0.2, 0) is 17.8 Å². The molecule has 1 unspecified atom stereocenters. The van der Waals surface area contributed by atoms with Gasteiger partial charge in [0.15, 0.2) is 5.82 Å². The molecule has 4 rings (SSSR count). The summed E-state index contributed by atoms with van der Waals surface area (Å²) in [5.74, 6) is 1.40. The SMILES string of the molecule is CNc1nc(C2CCCN2C(C)=O)nc2c1CCN(C(=O)c1ccccn1)C2. The van der Waals surface area contributed by atoms with E-state index in [1.165, 1.54) is 0 Å². The average Bonchev–Trinajstić information content (AvgIpc) is 3.23. The Morgan fingerprint density at radius 3 is 2.79 bits per heavy atom. The van der Waals surface area contributed by atoms with Crippen LogP contribution in [0.5, 0.6) is 0 Å². The molecule has 8 nitrogen and oxygen atoms in total. The molecule has 8 heteroatoms. The number of fused-ring (bicyclic) bond motifs is 1. The van der Waals surface area contributed by atoms with Crippen LogP contribution < -0.4 is 5.32 Å². The zero-order chi connectivity index (χ0) is 19.7. The lowest BCUT2D eigenvalue weighted by Gasteiger charge is -2.30. The molecule has 1 atom stereocenters. The zero-order valence-corrected chi connectivity index (χ0v) is 16.2. The van der Waals surface area contributed by atoms with Crippen LogP contribution in [0.3, 0.4) is 0 Å². The molecule has 2 aromatic rings. The van der Waals surface area contributed by atoms with Crippen LogP contribution in [0.2, 0.25) is 0 Å². The molecule has 0 bridgehead atoms. The second-order valence-electron chi connectivity index (χ2n) is 7.17. The van der Waals surface area contributed by atoms with Gasteiger partial charge in [-0.1, -0.05) is 6.07 Å². The number of carbonyl (C=O) groups excluding carboxylic acids is 2. The standard InChI is InChI=1S/C20H24N6O2/c1-13(27)26-10-5-7-17(26)19-23-16-12-25(11-8-14(16)18(21-2)24-19)20(28)15-6-3-4-9-22-15/h3-4,6,9,17H,5,7-8,10-12H2,1-2H3,(H,21,23,24). The average molecular weight is 380 g/mol. The number of carbonyl (C=O) groups is 2. The lowest BCUT2D eigenvalue weighted by molar-refractivity contribution is -0.129. The monoisotopic (exact) mass is 380 g/mol. The molecule has 2 aliphatic heterocycles. The number of anilines is 1. The molecule has 1 N–H and O–H groups in total. The molecular formula is C20H24N6O2. The third-order valence-corrected chi connectivity index (χ3v) is 5.45. The molecule has 0 aromatic carbocycles. The highest BCUT2D eigenvalue weighted by Gasteiger charge is 2.33. The number of rotatable bonds is 3. The van der Waals surface area contributed by atoms with Gasteiger partial charge < -0.3 is 15.1 Å². The molecule has 4 heterocycles. The lowest BCUT2D eigenvalue weighted by atomic mass is 10.0. The Hall–Kier alpha value is -3.03. The summed E-state index contributed by atoms with van der Waals surface area (Å²) in [6.07, 6.45) is 4.12. The van der Waals surface area contributed by atoms with Crippen molar-refractivity contribution in [3.63, 3.8) is 0 Å². The van der Waals surface area contributed by atoms with Crippen LogP contribution >= 0.6 is 0 Å². The number of nitrogens with one attached hydrogen (secondary N) is 1. The summed E-state index contributed by atoms with van der Waals surface area (Å²) in [6, 6.07) is 5.24. The third kappa shape index (κ3) is 3.30. The Labute approximate surface area is 164 Å². The molecule has 1 fully saturated rings. The fraction of sp³-hybridized carbons (Fsp3) is 0.450. The van der Waals surface area contributed by atoms with Crippen molar-refractivity contribution in [1.29, 1.82) is 0 Å². The van der Waals surface area contributed by atoms with E-state index >= 15 is 0 Å².